The molecular formula is C20H22N6O2. The minimum Gasteiger partial charge on any atom is -0.337 e. The van der Waals surface area contributed by atoms with Crippen molar-refractivity contribution in [2.75, 3.05) is 13.1 Å². The Morgan fingerprint density at radius 3 is 2.93 bits per heavy atom. The summed E-state index contributed by atoms with van der Waals surface area (Å²) in [4.78, 5) is 40.2. The number of aryl methyl sites for hydroxylation is 1. The maximum absolute atomic E-state index is 12.8. The lowest BCUT2D eigenvalue weighted by molar-refractivity contribution is 0.0699. The van der Waals surface area contributed by atoms with E-state index in [0.29, 0.717) is 24.4 Å². The van der Waals surface area contributed by atoms with Crippen molar-refractivity contribution in [2.45, 2.75) is 44.4 Å². The van der Waals surface area contributed by atoms with Gasteiger partial charge in [0.1, 0.15) is 5.69 Å². The van der Waals surface area contributed by atoms with Crippen molar-refractivity contribution in [3.8, 4) is 0 Å². The first-order valence-corrected chi connectivity index (χ1v) is 9.89. The van der Waals surface area contributed by atoms with E-state index in [-0.39, 0.29) is 17.4 Å². The maximum Gasteiger partial charge on any atom is 0.276 e. The van der Waals surface area contributed by atoms with Crippen molar-refractivity contribution < 1.29 is 4.79 Å². The van der Waals surface area contributed by atoms with Crippen molar-refractivity contribution in [3.63, 3.8) is 0 Å². The average Bonchev–Trinajstić information content (AvgIpc) is 3.19. The van der Waals surface area contributed by atoms with Crippen LogP contribution in [0.5, 0.6) is 0 Å². The van der Waals surface area contributed by atoms with Crippen molar-refractivity contribution in [2.24, 2.45) is 0 Å². The summed E-state index contributed by atoms with van der Waals surface area (Å²) in [5.74, 6) is 0.0483. The third-order valence-corrected chi connectivity index (χ3v) is 5.83. The van der Waals surface area contributed by atoms with E-state index >= 15 is 0 Å². The normalized spacial score (nSPS) is 19.6. The molecule has 4 heterocycles. The molecule has 0 radical (unpaired) electrons. The van der Waals surface area contributed by atoms with Gasteiger partial charge < -0.3 is 4.90 Å². The Labute approximate surface area is 161 Å². The van der Waals surface area contributed by atoms with Crippen LogP contribution in [0, 0.1) is 0 Å². The van der Waals surface area contributed by atoms with E-state index < -0.39 is 0 Å². The van der Waals surface area contributed by atoms with E-state index in [4.69, 9.17) is 4.98 Å². The second kappa shape index (κ2) is 6.85. The van der Waals surface area contributed by atoms with Gasteiger partial charge in [0.2, 0.25) is 0 Å². The summed E-state index contributed by atoms with van der Waals surface area (Å²) >= 11 is 0. The first-order chi connectivity index (χ1) is 13.7. The largest absolute Gasteiger partial charge is 0.337 e. The van der Waals surface area contributed by atoms with Crippen LogP contribution in [-0.2, 0) is 12.8 Å². The Kier molecular flexibility index (Phi) is 4.18. The number of hydrogen-bond acceptors (Lipinski definition) is 5. The van der Waals surface area contributed by atoms with Gasteiger partial charge in [-0.15, -0.1) is 0 Å². The zero-order valence-electron chi connectivity index (χ0n) is 15.6. The summed E-state index contributed by atoms with van der Waals surface area (Å²) in [5, 5.41) is 3.26. The van der Waals surface area contributed by atoms with Gasteiger partial charge in [-0.2, -0.15) is 0 Å². The number of carbonyl (C=O) groups excluding carboxylic acids is 1. The molecule has 144 valence electrons. The number of fused-ring (bicyclic) bond motifs is 2. The van der Waals surface area contributed by atoms with Crippen LogP contribution in [0.2, 0.25) is 0 Å². The molecule has 8 heteroatoms. The van der Waals surface area contributed by atoms with Gasteiger partial charge in [-0.05, 0) is 38.5 Å². The topological polar surface area (TPSA) is 96.2 Å². The molecule has 3 aromatic rings. The van der Waals surface area contributed by atoms with E-state index in [2.05, 4.69) is 15.1 Å². The maximum atomic E-state index is 12.8. The van der Waals surface area contributed by atoms with Gasteiger partial charge >= 0.3 is 0 Å². The van der Waals surface area contributed by atoms with Crippen LogP contribution in [0.1, 0.15) is 59.0 Å². The molecule has 1 amide bonds. The molecule has 0 bridgehead atoms. The molecule has 0 unspecified atom stereocenters. The number of aromatic amines is 1. The lowest BCUT2D eigenvalue weighted by Gasteiger charge is -2.31. The number of amides is 1. The molecule has 0 aromatic carbocycles. The standard InChI is InChI=1S/C20H22N6O2/c27-19-14-5-1-2-6-15(14)23-18-10-16(24-26(18)19)13-4-3-9-25(12-13)20(28)17-11-21-7-8-22-17/h7-8,10-11,13,24H,1-6,9,12H2/t13-/m0/s1. The summed E-state index contributed by atoms with van der Waals surface area (Å²) in [6, 6.07) is 1.97. The minimum absolute atomic E-state index is 0.0225. The van der Waals surface area contributed by atoms with E-state index in [0.717, 1.165) is 55.5 Å². The Balaban J connectivity index is 1.44. The van der Waals surface area contributed by atoms with E-state index in [1.165, 1.54) is 12.4 Å². The first-order valence-electron chi connectivity index (χ1n) is 9.89. The first kappa shape index (κ1) is 17.1. The van der Waals surface area contributed by atoms with Crippen LogP contribution in [0.25, 0.3) is 5.65 Å². The molecular weight excluding hydrogens is 356 g/mol. The summed E-state index contributed by atoms with van der Waals surface area (Å²) in [6.07, 6.45) is 10.3. The summed E-state index contributed by atoms with van der Waals surface area (Å²) < 4.78 is 1.57. The summed E-state index contributed by atoms with van der Waals surface area (Å²) in [7, 11) is 0. The smallest absolute Gasteiger partial charge is 0.276 e. The highest BCUT2D eigenvalue weighted by Gasteiger charge is 2.28. The fourth-order valence-corrected chi connectivity index (χ4v) is 4.37. The van der Waals surface area contributed by atoms with Crippen LogP contribution in [0.4, 0.5) is 0 Å². The summed E-state index contributed by atoms with van der Waals surface area (Å²) in [5.41, 5.74) is 3.83. The highest BCUT2D eigenvalue weighted by molar-refractivity contribution is 5.92. The van der Waals surface area contributed by atoms with E-state index in [9.17, 15) is 9.59 Å². The fourth-order valence-electron chi connectivity index (χ4n) is 4.37. The molecule has 0 saturated carbocycles. The quantitative estimate of drug-likeness (QED) is 0.732. The van der Waals surface area contributed by atoms with Crippen LogP contribution < -0.4 is 5.56 Å². The third-order valence-electron chi connectivity index (χ3n) is 5.83. The molecule has 1 aliphatic heterocycles. The zero-order chi connectivity index (χ0) is 19.1. The Morgan fingerprint density at radius 2 is 2.07 bits per heavy atom. The van der Waals surface area contributed by atoms with E-state index in [1.807, 2.05) is 11.0 Å². The molecule has 0 spiro atoms. The number of nitrogens with zero attached hydrogens (tertiary/aromatic N) is 5. The van der Waals surface area contributed by atoms with Crippen LogP contribution >= 0.6 is 0 Å². The Bertz CT molecular complexity index is 1090. The molecule has 3 aromatic heterocycles. The number of H-pyrrole nitrogens is 1. The Hall–Kier alpha value is -3.03. The number of carbonyl (C=O) groups is 1. The molecule has 1 atom stereocenters. The highest BCUT2D eigenvalue weighted by Crippen LogP contribution is 2.27. The minimum atomic E-state index is -0.0975. The molecule has 8 nitrogen and oxygen atoms in total. The molecule has 2 aliphatic rings. The SMILES string of the molecule is O=C(c1cnccn1)N1CCC[C@H](c2cc3nc4c(c(=O)n3[nH]2)CCCC4)C1. The van der Waals surface area contributed by atoms with Gasteiger partial charge in [0.05, 0.1) is 11.9 Å². The molecule has 1 N–H and O–H groups in total. The van der Waals surface area contributed by atoms with Gasteiger partial charge in [-0.25, -0.2) is 14.5 Å². The number of hydrogen-bond donors (Lipinski definition) is 1. The van der Waals surface area contributed by atoms with Gasteiger partial charge in [-0.1, -0.05) is 0 Å². The van der Waals surface area contributed by atoms with Crippen molar-refractivity contribution in [1.29, 1.82) is 0 Å². The lowest BCUT2D eigenvalue weighted by atomic mass is 9.94. The number of aromatic nitrogens is 5. The van der Waals surface area contributed by atoms with Crippen LogP contribution in [-0.4, -0.2) is 48.5 Å². The van der Waals surface area contributed by atoms with Gasteiger partial charge in [0.25, 0.3) is 11.5 Å². The van der Waals surface area contributed by atoms with Gasteiger partial charge in [-0.3, -0.25) is 19.7 Å². The third kappa shape index (κ3) is 2.89. The van der Waals surface area contributed by atoms with Crippen LogP contribution in [0.3, 0.4) is 0 Å². The van der Waals surface area contributed by atoms with Crippen molar-refractivity contribution in [3.05, 3.63) is 57.7 Å². The average molecular weight is 378 g/mol. The Morgan fingerprint density at radius 1 is 1.18 bits per heavy atom. The highest BCUT2D eigenvalue weighted by atomic mass is 16.2. The molecule has 1 fully saturated rings. The predicted octanol–water partition coefficient (Wildman–Crippen LogP) is 1.71. The molecule has 5 rings (SSSR count). The number of likely N-dealkylation sites (tertiary alicyclic amines) is 1. The molecule has 1 aliphatic carbocycles. The number of nitrogens with one attached hydrogen (secondary N) is 1. The number of piperidine rings is 1. The van der Waals surface area contributed by atoms with E-state index in [1.54, 1.807) is 10.7 Å². The second-order valence-electron chi connectivity index (χ2n) is 7.64. The fraction of sp³-hybridized carbons (Fsp3) is 0.450. The van der Waals surface area contributed by atoms with Crippen molar-refractivity contribution >= 4 is 11.6 Å². The van der Waals surface area contributed by atoms with Crippen molar-refractivity contribution in [1.82, 2.24) is 29.5 Å². The van der Waals surface area contributed by atoms with Gasteiger partial charge in [0, 0.05) is 48.7 Å². The second-order valence-corrected chi connectivity index (χ2v) is 7.64. The predicted molar refractivity (Wildman–Crippen MR) is 102 cm³/mol. The van der Waals surface area contributed by atoms with Gasteiger partial charge in [0.15, 0.2) is 5.65 Å². The molecule has 1 saturated heterocycles. The zero-order valence-corrected chi connectivity index (χ0v) is 15.6. The monoisotopic (exact) mass is 378 g/mol. The number of rotatable bonds is 2. The summed E-state index contributed by atoms with van der Waals surface area (Å²) in [6.45, 7) is 1.30. The molecule has 28 heavy (non-hydrogen) atoms. The van der Waals surface area contributed by atoms with Crippen LogP contribution in [0.15, 0.2) is 29.5 Å². The lowest BCUT2D eigenvalue weighted by Crippen LogP contribution is -2.39.